The minimum Gasteiger partial charge on any atom is -0.391 e. The molecule has 1 aromatic heterocycles. The zero-order valence-corrected chi connectivity index (χ0v) is 13.7. The van der Waals surface area contributed by atoms with E-state index in [1.807, 2.05) is 35.9 Å². The lowest BCUT2D eigenvalue weighted by atomic mass is 10.00. The number of rotatable bonds is 5. The first-order chi connectivity index (χ1) is 9.68. The van der Waals surface area contributed by atoms with Gasteiger partial charge in [0.15, 0.2) is 9.84 Å². The van der Waals surface area contributed by atoms with Crippen LogP contribution in [0.2, 0.25) is 0 Å². The molecule has 21 heavy (non-hydrogen) atoms. The summed E-state index contributed by atoms with van der Waals surface area (Å²) in [6.07, 6.45) is 0.364. The summed E-state index contributed by atoms with van der Waals surface area (Å²) >= 11 is 0. The Morgan fingerprint density at radius 1 is 1.33 bits per heavy atom. The second-order valence-electron chi connectivity index (χ2n) is 5.88. The molecule has 5 nitrogen and oxygen atoms in total. The first kappa shape index (κ1) is 16.0. The average Bonchev–Trinajstić information content (AvgIpc) is 2.76. The Kier molecular flexibility index (Phi) is 4.13. The van der Waals surface area contributed by atoms with E-state index in [1.54, 1.807) is 13.8 Å². The third-order valence-electron chi connectivity index (χ3n) is 4.18. The summed E-state index contributed by atoms with van der Waals surface area (Å²) in [4.78, 5) is 0. The largest absolute Gasteiger partial charge is 0.391 e. The number of benzene rings is 1. The van der Waals surface area contributed by atoms with Crippen molar-refractivity contribution in [2.75, 3.05) is 6.26 Å². The van der Waals surface area contributed by atoms with Gasteiger partial charge in [-0.15, -0.1) is 0 Å². The predicted molar refractivity (Wildman–Crippen MR) is 84.0 cm³/mol. The topological polar surface area (TPSA) is 72.2 Å². The second kappa shape index (κ2) is 5.42. The van der Waals surface area contributed by atoms with Crippen molar-refractivity contribution in [1.82, 2.24) is 9.78 Å². The van der Waals surface area contributed by atoms with Crippen molar-refractivity contribution in [2.45, 2.75) is 44.6 Å². The molecule has 0 aliphatic carbocycles. The summed E-state index contributed by atoms with van der Waals surface area (Å²) in [7, 11) is -3.36. The smallest absolute Gasteiger partial charge is 0.155 e. The lowest BCUT2D eigenvalue weighted by Gasteiger charge is -2.28. The van der Waals surface area contributed by atoms with Gasteiger partial charge in [0.05, 0.1) is 22.1 Å². The van der Waals surface area contributed by atoms with Crippen LogP contribution in [0.3, 0.4) is 0 Å². The molecule has 1 heterocycles. The number of hydrogen-bond donors (Lipinski definition) is 1. The van der Waals surface area contributed by atoms with E-state index in [2.05, 4.69) is 5.10 Å². The van der Waals surface area contributed by atoms with Gasteiger partial charge in [0.1, 0.15) is 0 Å². The zero-order chi connectivity index (χ0) is 15.8. The number of hydrogen-bond acceptors (Lipinski definition) is 4. The van der Waals surface area contributed by atoms with E-state index in [1.165, 1.54) is 0 Å². The zero-order valence-electron chi connectivity index (χ0n) is 12.9. The normalized spacial score (nSPS) is 14.5. The fourth-order valence-corrected chi connectivity index (χ4v) is 2.84. The average molecular weight is 310 g/mol. The Morgan fingerprint density at radius 3 is 2.52 bits per heavy atom. The molecule has 1 N–H and O–H groups in total. The lowest BCUT2D eigenvalue weighted by Crippen LogP contribution is -2.44. The molecule has 0 saturated carbocycles. The molecule has 0 bridgehead atoms. The second-order valence-corrected chi connectivity index (χ2v) is 8.47. The number of aliphatic hydroxyl groups excluding tert-OH is 1. The molecule has 0 radical (unpaired) electrons. The van der Waals surface area contributed by atoms with E-state index in [0.29, 0.717) is 0 Å². The molecule has 6 heteroatoms. The van der Waals surface area contributed by atoms with Crippen LogP contribution < -0.4 is 0 Å². The van der Waals surface area contributed by atoms with Crippen molar-refractivity contribution < 1.29 is 13.5 Å². The highest BCUT2D eigenvalue weighted by atomic mass is 32.2. The first-order valence-corrected chi connectivity index (χ1v) is 8.89. The number of fused-ring (bicyclic) bond motifs is 1. The van der Waals surface area contributed by atoms with E-state index in [9.17, 15) is 13.5 Å². The minimum absolute atomic E-state index is 0.216. The maximum absolute atomic E-state index is 11.8. The predicted octanol–water partition coefficient (Wildman–Crippen LogP) is 1.78. The third kappa shape index (κ3) is 2.82. The van der Waals surface area contributed by atoms with E-state index in [-0.39, 0.29) is 6.42 Å². The molecule has 0 spiro atoms. The fourth-order valence-electron chi connectivity index (χ4n) is 2.26. The highest BCUT2D eigenvalue weighted by Gasteiger charge is 2.38. The van der Waals surface area contributed by atoms with Crippen molar-refractivity contribution in [3.8, 4) is 0 Å². The van der Waals surface area contributed by atoms with E-state index < -0.39 is 20.7 Å². The molecule has 1 unspecified atom stereocenters. The first-order valence-electron chi connectivity index (χ1n) is 7.00. The van der Waals surface area contributed by atoms with Gasteiger partial charge < -0.3 is 5.11 Å². The molecule has 0 aliphatic rings. The molecule has 2 aromatic rings. The third-order valence-corrected chi connectivity index (χ3v) is 6.36. The van der Waals surface area contributed by atoms with Crippen molar-refractivity contribution in [2.24, 2.45) is 0 Å². The van der Waals surface area contributed by atoms with Gasteiger partial charge in [-0.3, -0.25) is 4.68 Å². The molecule has 1 aromatic carbocycles. The molecule has 0 saturated heterocycles. The molecular formula is C15H22N2O3S. The summed E-state index contributed by atoms with van der Waals surface area (Å²) in [6, 6.07) is 7.78. The van der Waals surface area contributed by atoms with Gasteiger partial charge in [0, 0.05) is 24.6 Å². The maximum Gasteiger partial charge on any atom is 0.155 e. The highest BCUT2D eigenvalue weighted by Crippen LogP contribution is 2.26. The monoisotopic (exact) mass is 310 g/mol. The van der Waals surface area contributed by atoms with Crippen LogP contribution in [0.4, 0.5) is 0 Å². The van der Waals surface area contributed by atoms with Gasteiger partial charge in [-0.1, -0.05) is 18.2 Å². The Morgan fingerprint density at radius 2 is 1.95 bits per heavy atom. The van der Waals surface area contributed by atoms with E-state index >= 15 is 0 Å². The number of aromatic nitrogens is 2. The van der Waals surface area contributed by atoms with Crippen LogP contribution in [-0.4, -0.2) is 40.4 Å². The molecule has 116 valence electrons. The van der Waals surface area contributed by atoms with Crippen molar-refractivity contribution in [3.05, 3.63) is 30.0 Å². The van der Waals surface area contributed by atoms with Crippen LogP contribution in [0.25, 0.3) is 10.9 Å². The Hall–Kier alpha value is -1.40. The maximum atomic E-state index is 11.8. The van der Waals surface area contributed by atoms with Crippen LogP contribution in [0.1, 0.15) is 26.5 Å². The number of para-hydroxylation sites is 1. The van der Waals surface area contributed by atoms with Gasteiger partial charge >= 0.3 is 0 Å². The van der Waals surface area contributed by atoms with Crippen molar-refractivity contribution in [3.63, 3.8) is 0 Å². The van der Waals surface area contributed by atoms with Gasteiger partial charge in [0.25, 0.3) is 0 Å². The number of aliphatic hydroxyl groups is 1. The lowest BCUT2D eigenvalue weighted by molar-refractivity contribution is 0.137. The van der Waals surface area contributed by atoms with Crippen LogP contribution >= 0.6 is 0 Å². The Labute approximate surface area is 125 Å². The summed E-state index contributed by atoms with van der Waals surface area (Å²) < 4.78 is 24.3. The Balaban J connectivity index is 2.41. The van der Waals surface area contributed by atoms with Crippen LogP contribution in [0.15, 0.2) is 24.3 Å². The van der Waals surface area contributed by atoms with Crippen molar-refractivity contribution in [1.29, 1.82) is 0 Å². The van der Waals surface area contributed by atoms with Gasteiger partial charge in [-0.05, 0) is 26.8 Å². The number of nitrogens with zero attached hydrogens (tertiary/aromatic N) is 2. The minimum atomic E-state index is -3.36. The highest BCUT2D eigenvalue weighted by molar-refractivity contribution is 7.92. The van der Waals surface area contributed by atoms with Crippen LogP contribution in [-0.2, 0) is 22.8 Å². The summed E-state index contributed by atoms with van der Waals surface area (Å²) in [5.74, 6) is 0. The summed E-state index contributed by atoms with van der Waals surface area (Å²) in [5.41, 5.74) is 1.73. The van der Waals surface area contributed by atoms with Crippen LogP contribution in [0, 0.1) is 0 Å². The SMILES string of the molecule is CCn1nc(CC(O)C(C)(C)S(C)(=O)=O)c2ccccc21. The molecule has 1 atom stereocenters. The van der Waals surface area contributed by atoms with E-state index in [4.69, 9.17) is 0 Å². The number of aryl methyl sites for hydroxylation is 1. The van der Waals surface area contributed by atoms with Gasteiger partial charge in [0.2, 0.25) is 0 Å². The molecular weight excluding hydrogens is 288 g/mol. The fraction of sp³-hybridized carbons (Fsp3) is 0.533. The van der Waals surface area contributed by atoms with E-state index in [0.717, 1.165) is 29.4 Å². The molecule has 2 rings (SSSR count). The van der Waals surface area contributed by atoms with Gasteiger partial charge in [-0.25, -0.2) is 8.42 Å². The quantitative estimate of drug-likeness (QED) is 0.914. The van der Waals surface area contributed by atoms with Crippen LogP contribution in [0.5, 0.6) is 0 Å². The van der Waals surface area contributed by atoms with Gasteiger partial charge in [-0.2, -0.15) is 5.10 Å². The standard InChI is InChI=1S/C15H22N2O3S/c1-5-17-13-9-7-6-8-11(13)12(16-17)10-14(18)15(2,3)21(4,19)20/h6-9,14,18H,5,10H2,1-4H3. The molecule has 0 fully saturated rings. The summed E-state index contributed by atoms with van der Waals surface area (Å²) in [5, 5.41) is 15.8. The summed E-state index contributed by atoms with van der Waals surface area (Å²) in [6.45, 7) is 5.82. The van der Waals surface area contributed by atoms with Crippen molar-refractivity contribution >= 4 is 20.7 Å². The molecule has 0 aliphatic heterocycles. The number of sulfone groups is 1. The Bertz CT molecular complexity index is 747. The molecule has 0 amide bonds.